The highest BCUT2D eigenvalue weighted by atomic mass is 16.1. The Balaban J connectivity index is 2.24. The highest BCUT2D eigenvalue weighted by Crippen LogP contribution is 2.34. The Labute approximate surface area is 120 Å². The molecule has 19 heavy (non-hydrogen) atoms. The van der Waals surface area contributed by atoms with E-state index in [-0.39, 0.29) is 0 Å². The summed E-state index contributed by atoms with van der Waals surface area (Å²) in [5, 5.41) is 0. The van der Waals surface area contributed by atoms with E-state index >= 15 is 0 Å². The van der Waals surface area contributed by atoms with Gasteiger partial charge in [0.05, 0.1) is 0 Å². The van der Waals surface area contributed by atoms with Crippen LogP contribution in [0.25, 0.3) is 0 Å². The third-order valence-corrected chi connectivity index (χ3v) is 5.75. The lowest BCUT2D eigenvalue weighted by atomic mass is 9.73. The van der Waals surface area contributed by atoms with Crippen molar-refractivity contribution in [3.05, 3.63) is 0 Å². The van der Waals surface area contributed by atoms with Crippen LogP contribution in [0, 0.1) is 29.6 Å². The first-order valence-electron chi connectivity index (χ1n) is 8.48. The van der Waals surface area contributed by atoms with Gasteiger partial charge in [-0.3, -0.25) is 4.79 Å². The summed E-state index contributed by atoms with van der Waals surface area (Å²) in [6, 6.07) is 0. The van der Waals surface area contributed by atoms with Crippen molar-refractivity contribution >= 4 is 5.78 Å². The summed E-state index contributed by atoms with van der Waals surface area (Å²) in [5.74, 6) is 4.05. The van der Waals surface area contributed by atoms with E-state index in [0.29, 0.717) is 11.7 Å². The molecule has 0 aromatic heterocycles. The molecule has 112 valence electrons. The van der Waals surface area contributed by atoms with E-state index in [0.717, 1.165) is 49.4 Å². The predicted octanol–water partition coefficient (Wildman–Crippen LogP) is 5.48. The summed E-state index contributed by atoms with van der Waals surface area (Å²) in [5.41, 5.74) is 0. The second kappa shape index (κ2) is 8.07. The van der Waals surface area contributed by atoms with Gasteiger partial charge in [0.15, 0.2) is 0 Å². The largest absolute Gasteiger partial charge is 0.299 e. The molecular formula is C18H34O. The fourth-order valence-corrected chi connectivity index (χ4v) is 3.33. The minimum absolute atomic E-state index is 0.380. The lowest BCUT2D eigenvalue weighted by Crippen LogP contribution is -2.26. The first-order chi connectivity index (χ1) is 8.95. The zero-order valence-electron chi connectivity index (χ0n) is 13.7. The van der Waals surface area contributed by atoms with Crippen molar-refractivity contribution in [2.45, 2.75) is 79.6 Å². The molecule has 1 fully saturated rings. The van der Waals surface area contributed by atoms with E-state index < -0.39 is 0 Å². The van der Waals surface area contributed by atoms with E-state index in [1.54, 1.807) is 0 Å². The molecule has 0 radical (unpaired) electrons. The Morgan fingerprint density at radius 3 is 2.37 bits per heavy atom. The van der Waals surface area contributed by atoms with Crippen LogP contribution in [-0.4, -0.2) is 5.78 Å². The second-order valence-corrected chi connectivity index (χ2v) is 7.19. The topological polar surface area (TPSA) is 17.1 Å². The molecule has 0 aromatic carbocycles. The van der Waals surface area contributed by atoms with Gasteiger partial charge in [0.1, 0.15) is 5.78 Å². The Morgan fingerprint density at radius 2 is 1.79 bits per heavy atom. The van der Waals surface area contributed by atoms with Crippen molar-refractivity contribution in [2.24, 2.45) is 29.6 Å². The zero-order valence-corrected chi connectivity index (χ0v) is 13.7. The van der Waals surface area contributed by atoms with Gasteiger partial charge in [-0.1, -0.05) is 47.5 Å². The third kappa shape index (κ3) is 5.28. The van der Waals surface area contributed by atoms with E-state index in [2.05, 4.69) is 34.6 Å². The monoisotopic (exact) mass is 266 g/mol. The maximum atomic E-state index is 12.3. The highest BCUT2D eigenvalue weighted by Gasteiger charge is 2.28. The fourth-order valence-electron chi connectivity index (χ4n) is 3.33. The van der Waals surface area contributed by atoms with Crippen LogP contribution in [0.5, 0.6) is 0 Å². The van der Waals surface area contributed by atoms with E-state index in [9.17, 15) is 4.79 Å². The van der Waals surface area contributed by atoms with Crippen molar-refractivity contribution in [3.63, 3.8) is 0 Å². The second-order valence-electron chi connectivity index (χ2n) is 7.19. The molecule has 1 rings (SSSR count). The number of carbonyl (C=O) groups is 1. The summed E-state index contributed by atoms with van der Waals surface area (Å²) in [6.45, 7) is 11.6. The SMILES string of the molecule is CCC(C)C(C)CCCC(=O)C1CCC(C)C(C)C1. The summed E-state index contributed by atoms with van der Waals surface area (Å²) in [6.07, 6.45) is 7.94. The van der Waals surface area contributed by atoms with Gasteiger partial charge < -0.3 is 0 Å². The lowest BCUT2D eigenvalue weighted by Gasteiger charge is -2.31. The fraction of sp³-hybridized carbons (Fsp3) is 0.944. The number of carbonyl (C=O) groups excluding carboxylic acids is 1. The number of hydrogen-bond donors (Lipinski definition) is 0. The van der Waals surface area contributed by atoms with Crippen molar-refractivity contribution < 1.29 is 4.79 Å². The molecule has 0 heterocycles. The minimum atomic E-state index is 0.380. The van der Waals surface area contributed by atoms with E-state index in [1.807, 2.05) is 0 Å². The third-order valence-electron chi connectivity index (χ3n) is 5.75. The standard InChI is InChI=1S/C18H34O/c1-6-13(2)14(3)8-7-9-18(19)17-11-10-15(4)16(5)12-17/h13-17H,6-12H2,1-5H3. The van der Waals surface area contributed by atoms with E-state index in [1.165, 1.54) is 19.3 Å². The molecule has 1 saturated carbocycles. The highest BCUT2D eigenvalue weighted by molar-refractivity contribution is 5.81. The van der Waals surface area contributed by atoms with Crippen molar-refractivity contribution in [1.29, 1.82) is 0 Å². The Bertz CT molecular complexity index is 271. The molecule has 1 aliphatic rings. The maximum Gasteiger partial charge on any atom is 0.135 e. The number of Topliss-reactive ketones (excluding diaryl/α,β-unsaturated/α-hetero) is 1. The quantitative estimate of drug-likeness (QED) is 0.596. The first kappa shape index (κ1) is 16.7. The predicted molar refractivity (Wildman–Crippen MR) is 83.1 cm³/mol. The molecule has 0 aliphatic heterocycles. The normalized spacial score (nSPS) is 30.9. The Hall–Kier alpha value is -0.330. The van der Waals surface area contributed by atoms with Crippen LogP contribution >= 0.6 is 0 Å². The van der Waals surface area contributed by atoms with Gasteiger partial charge >= 0.3 is 0 Å². The summed E-state index contributed by atoms with van der Waals surface area (Å²) < 4.78 is 0. The van der Waals surface area contributed by atoms with Gasteiger partial charge in [-0.05, 0) is 49.4 Å². The lowest BCUT2D eigenvalue weighted by molar-refractivity contribution is -0.124. The average molecular weight is 266 g/mol. The van der Waals surface area contributed by atoms with E-state index in [4.69, 9.17) is 0 Å². The van der Waals surface area contributed by atoms with Crippen molar-refractivity contribution in [2.75, 3.05) is 0 Å². The molecule has 5 unspecified atom stereocenters. The van der Waals surface area contributed by atoms with Crippen LogP contribution in [-0.2, 0) is 4.79 Å². The molecule has 0 bridgehead atoms. The van der Waals surface area contributed by atoms with Gasteiger partial charge in [-0.2, -0.15) is 0 Å². The van der Waals surface area contributed by atoms with Crippen LogP contribution in [0.1, 0.15) is 79.6 Å². The molecule has 5 atom stereocenters. The molecular weight excluding hydrogens is 232 g/mol. The van der Waals surface area contributed by atoms with Gasteiger partial charge in [0.2, 0.25) is 0 Å². The maximum absolute atomic E-state index is 12.3. The van der Waals surface area contributed by atoms with Gasteiger partial charge in [-0.15, -0.1) is 0 Å². The molecule has 1 aliphatic carbocycles. The van der Waals surface area contributed by atoms with Gasteiger partial charge in [-0.25, -0.2) is 0 Å². The molecule has 0 amide bonds. The van der Waals surface area contributed by atoms with Crippen molar-refractivity contribution in [3.8, 4) is 0 Å². The average Bonchev–Trinajstić information content (AvgIpc) is 2.40. The molecule has 0 saturated heterocycles. The Kier molecular flexibility index (Phi) is 7.10. The molecule has 0 spiro atoms. The summed E-state index contributed by atoms with van der Waals surface area (Å²) in [4.78, 5) is 12.3. The molecule has 1 heteroatoms. The Morgan fingerprint density at radius 1 is 1.11 bits per heavy atom. The van der Waals surface area contributed by atoms with Crippen LogP contribution in [0.15, 0.2) is 0 Å². The van der Waals surface area contributed by atoms with Crippen molar-refractivity contribution in [1.82, 2.24) is 0 Å². The molecule has 1 nitrogen and oxygen atoms in total. The molecule has 0 N–H and O–H groups in total. The summed E-state index contributed by atoms with van der Waals surface area (Å²) >= 11 is 0. The van der Waals surface area contributed by atoms with Crippen LogP contribution in [0.4, 0.5) is 0 Å². The van der Waals surface area contributed by atoms with Crippen LogP contribution in [0.3, 0.4) is 0 Å². The smallest absolute Gasteiger partial charge is 0.135 e. The number of rotatable bonds is 7. The number of hydrogen-bond acceptors (Lipinski definition) is 1. The summed E-state index contributed by atoms with van der Waals surface area (Å²) in [7, 11) is 0. The first-order valence-corrected chi connectivity index (χ1v) is 8.48. The number of ketones is 1. The van der Waals surface area contributed by atoms with Crippen LogP contribution < -0.4 is 0 Å². The van der Waals surface area contributed by atoms with Gasteiger partial charge in [0, 0.05) is 12.3 Å². The minimum Gasteiger partial charge on any atom is -0.299 e. The van der Waals surface area contributed by atoms with Gasteiger partial charge in [0.25, 0.3) is 0 Å². The molecule has 0 aromatic rings. The van der Waals surface area contributed by atoms with Crippen LogP contribution in [0.2, 0.25) is 0 Å². The zero-order chi connectivity index (χ0) is 14.4.